The van der Waals surface area contributed by atoms with Gasteiger partial charge in [-0.05, 0) is 55.0 Å². The Morgan fingerprint density at radius 3 is 2.54 bits per heavy atom. The van der Waals surface area contributed by atoms with Crippen molar-refractivity contribution in [1.82, 2.24) is 20.0 Å². The van der Waals surface area contributed by atoms with Crippen molar-refractivity contribution in [2.24, 2.45) is 5.92 Å². The van der Waals surface area contributed by atoms with Crippen molar-refractivity contribution in [2.75, 3.05) is 6.54 Å². The number of nitrogens with zero attached hydrogens (tertiary/aromatic N) is 2. The van der Waals surface area contributed by atoms with E-state index in [9.17, 15) is 9.59 Å². The van der Waals surface area contributed by atoms with Crippen LogP contribution in [0, 0.1) is 5.92 Å². The number of nitrogens with one attached hydrogen (secondary N) is 2. The smallest absolute Gasteiger partial charge is 0.270 e. The lowest BCUT2D eigenvalue weighted by Gasteiger charge is -2.23. The number of amides is 2. The third-order valence-corrected chi connectivity index (χ3v) is 6.98. The molecule has 0 radical (unpaired) electrons. The second-order valence-electron chi connectivity index (χ2n) is 10.0. The summed E-state index contributed by atoms with van der Waals surface area (Å²) in [5.74, 6) is 0.382. The molecule has 2 N–H and O–H groups in total. The monoisotopic (exact) mass is 494 g/mol. The van der Waals surface area contributed by atoms with E-state index in [1.54, 1.807) is 4.40 Å². The largest absolute Gasteiger partial charge is 0.355 e. The first-order chi connectivity index (χ1) is 16.9. The number of carbonyl (C=O) groups is 2. The lowest BCUT2D eigenvalue weighted by molar-refractivity contribution is -0.120. The van der Waals surface area contributed by atoms with Crippen molar-refractivity contribution in [1.29, 1.82) is 0 Å². The highest BCUT2D eigenvalue weighted by Crippen LogP contribution is 2.25. The molecule has 0 bridgehead atoms. The number of fused-ring (bicyclic) bond motifs is 1. The summed E-state index contributed by atoms with van der Waals surface area (Å²) >= 11 is 6.06. The van der Waals surface area contributed by atoms with Gasteiger partial charge in [-0.2, -0.15) is 0 Å². The fraction of sp³-hybridized carbons (Fsp3) is 0.464. The van der Waals surface area contributed by atoms with Gasteiger partial charge in [0.15, 0.2) is 0 Å². The van der Waals surface area contributed by atoms with Gasteiger partial charge in [-0.25, -0.2) is 4.98 Å². The van der Waals surface area contributed by atoms with Crippen LogP contribution in [-0.2, 0) is 11.2 Å². The molecule has 6 nitrogen and oxygen atoms in total. The molecule has 2 aromatic heterocycles. The standard InChI is InChI=1S/C28H35ClN4O2/c1-19(2)16-21(20-11-13-22(29)14-12-20)18-30-26(34)17-24-27(33-15-7-6-10-25(33)32-24)28(35)31-23-8-4-3-5-9-23/h6-7,10-15,19,21,23H,3-5,8-9,16-18H2,1-2H3,(H,30,34)(H,31,35). The lowest BCUT2D eigenvalue weighted by Crippen LogP contribution is -2.37. The van der Waals surface area contributed by atoms with Crippen LogP contribution < -0.4 is 10.6 Å². The van der Waals surface area contributed by atoms with Gasteiger partial charge in [-0.15, -0.1) is 0 Å². The highest BCUT2D eigenvalue weighted by Gasteiger charge is 2.24. The van der Waals surface area contributed by atoms with Crippen LogP contribution in [0.15, 0.2) is 48.7 Å². The van der Waals surface area contributed by atoms with Crippen molar-refractivity contribution >= 4 is 29.1 Å². The Hall–Kier alpha value is -2.86. The Labute approximate surface area is 212 Å². The third-order valence-electron chi connectivity index (χ3n) is 6.73. The van der Waals surface area contributed by atoms with Crippen molar-refractivity contribution in [3.63, 3.8) is 0 Å². The topological polar surface area (TPSA) is 75.5 Å². The van der Waals surface area contributed by atoms with Crippen molar-refractivity contribution in [3.05, 3.63) is 70.6 Å². The minimum Gasteiger partial charge on any atom is -0.355 e. The number of imidazole rings is 1. The zero-order valence-corrected chi connectivity index (χ0v) is 21.4. The molecule has 35 heavy (non-hydrogen) atoms. The van der Waals surface area contributed by atoms with Crippen molar-refractivity contribution in [3.8, 4) is 0 Å². The maximum Gasteiger partial charge on any atom is 0.270 e. The summed E-state index contributed by atoms with van der Waals surface area (Å²) in [5.41, 5.74) is 2.79. The predicted molar refractivity (Wildman–Crippen MR) is 140 cm³/mol. The molecular formula is C28H35ClN4O2. The van der Waals surface area contributed by atoms with Crippen LogP contribution in [0.1, 0.15) is 80.0 Å². The van der Waals surface area contributed by atoms with E-state index in [0.29, 0.717) is 34.5 Å². The van der Waals surface area contributed by atoms with Crippen LogP contribution in [0.4, 0.5) is 0 Å². The van der Waals surface area contributed by atoms with Crippen LogP contribution in [0.25, 0.3) is 5.65 Å². The highest BCUT2D eigenvalue weighted by molar-refractivity contribution is 6.30. The summed E-state index contributed by atoms with van der Waals surface area (Å²) in [6.07, 6.45) is 8.34. The summed E-state index contributed by atoms with van der Waals surface area (Å²) in [7, 11) is 0. The second-order valence-corrected chi connectivity index (χ2v) is 10.4. The first kappa shape index (κ1) is 25.2. The first-order valence-electron chi connectivity index (χ1n) is 12.7. The van der Waals surface area contributed by atoms with Gasteiger partial charge < -0.3 is 10.6 Å². The summed E-state index contributed by atoms with van der Waals surface area (Å²) < 4.78 is 1.79. The molecule has 0 aliphatic heterocycles. The van der Waals surface area contributed by atoms with E-state index in [-0.39, 0.29) is 30.2 Å². The zero-order chi connectivity index (χ0) is 24.8. The van der Waals surface area contributed by atoms with E-state index >= 15 is 0 Å². The molecule has 2 amide bonds. The molecule has 3 aromatic rings. The summed E-state index contributed by atoms with van der Waals surface area (Å²) in [6.45, 7) is 4.88. The van der Waals surface area contributed by atoms with Gasteiger partial charge in [0.1, 0.15) is 11.3 Å². The Balaban J connectivity index is 1.48. The molecule has 1 saturated carbocycles. The molecule has 2 heterocycles. The molecule has 7 heteroatoms. The molecule has 186 valence electrons. The molecule has 0 saturated heterocycles. The van der Waals surface area contributed by atoms with E-state index < -0.39 is 0 Å². The molecule has 1 aromatic carbocycles. The number of hydrogen-bond donors (Lipinski definition) is 2. The lowest BCUT2D eigenvalue weighted by atomic mass is 9.90. The van der Waals surface area contributed by atoms with Crippen LogP contribution in [0.3, 0.4) is 0 Å². The Morgan fingerprint density at radius 1 is 1.09 bits per heavy atom. The number of aromatic nitrogens is 2. The molecular weight excluding hydrogens is 460 g/mol. The van der Waals surface area contributed by atoms with Crippen LogP contribution in [0.2, 0.25) is 5.02 Å². The van der Waals surface area contributed by atoms with E-state index in [2.05, 4.69) is 29.5 Å². The van der Waals surface area contributed by atoms with Crippen molar-refractivity contribution < 1.29 is 9.59 Å². The highest BCUT2D eigenvalue weighted by atomic mass is 35.5. The van der Waals surface area contributed by atoms with E-state index in [0.717, 1.165) is 37.7 Å². The molecule has 1 aliphatic rings. The molecule has 1 unspecified atom stereocenters. The minimum atomic E-state index is -0.155. The van der Waals surface area contributed by atoms with Gasteiger partial charge in [0.25, 0.3) is 5.91 Å². The number of halogens is 1. The molecule has 1 aliphatic carbocycles. The normalized spacial score (nSPS) is 15.3. The number of rotatable bonds is 9. The fourth-order valence-corrected chi connectivity index (χ4v) is 5.13. The van der Waals surface area contributed by atoms with Gasteiger partial charge in [0, 0.05) is 29.7 Å². The zero-order valence-electron chi connectivity index (χ0n) is 20.6. The second kappa shape index (κ2) is 11.7. The summed E-state index contributed by atoms with van der Waals surface area (Å²) in [5, 5.41) is 6.97. The maximum atomic E-state index is 13.3. The van der Waals surface area contributed by atoms with Gasteiger partial charge in [0.2, 0.25) is 5.91 Å². The van der Waals surface area contributed by atoms with Crippen LogP contribution in [0.5, 0.6) is 0 Å². The summed E-state index contributed by atoms with van der Waals surface area (Å²) in [4.78, 5) is 30.9. The maximum absolute atomic E-state index is 13.3. The number of carbonyl (C=O) groups excluding carboxylic acids is 2. The van der Waals surface area contributed by atoms with Gasteiger partial charge >= 0.3 is 0 Å². The Kier molecular flexibility index (Phi) is 8.45. The van der Waals surface area contributed by atoms with Gasteiger partial charge in [0.05, 0.1) is 12.1 Å². The average molecular weight is 495 g/mol. The third kappa shape index (κ3) is 6.63. The van der Waals surface area contributed by atoms with Gasteiger partial charge in [-0.1, -0.05) is 62.9 Å². The Morgan fingerprint density at radius 2 is 1.83 bits per heavy atom. The first-order valence-corrected chi connectivity index (χ1v) is 13.1. The van der Waals surface area contributed by atoms with E-state index in [1.165, 1.54) is 6.42 Å². The Bertz CT molecular complexity index is 1150. The number of hydrogen-bond acceptors (Lipinski definition) is 3. The fourth-order valence-electron chi connectivity index (χ4n) is 5.00. The number of pyridine rings is 1. The molecule has 0 spiro atoms. The van der Waals surface area contributed by atoms with E-state index in [4.69, 9.17) is 11.6 Å². The molecule has 4 rings (SSSR count). The number of benzene rings is 1. The van der Waals surface area contributed by atoms with E-state index in [1.807, 2.05) is 48.7 Å². The molecule has 1 fully saturated rings. The molecule has 1 atom stereocenters. The van der Waals surface area contributed by atoms with Gasteiger partial charge in [-0.3, -0.25) is 14.0 Å². The van der Waals surface area contributed by atoms with Crippen LogP contribution in [-0.4, -0.2) is 33.8 Å². The van der Waals surface area contributed by atoms with Crippen LogP contribution >= 0.6 is 11.6 Å². The SMILES string of the molecule is CC(C)CC(CNC(=O)Cc1nc2ccccn2c1C(=O)NC1CCCCC1)c1ccc(Cl)cc1. The van der Waals surface area contributed by atoms with Crippen molar-refractivity contribution in [2.45, 2.75) is 70.8 Å². The minimum absolute atomic E-state index is 0.0596. The predicted octanol–water partition coefficient (Wildman–Crippen LogP) is 5.54. The summed E-state index contributed by atoms with van der Waals surface area (Å²) in [6, 6.07) is 13.6. The average Bonchev–Trinajstić information content (AvgIpc) is 3.20. The quantitative estimate of drug-likeness (QED) is 0.410.